The van der Waals surface area contributed by atoms with E-state index in [1.165, 1.54) is 31.4 Å². The van der Waals surface area contributed by atoms with Crippen molar-refractivity contribution in [3.8, 4) is 0 Å². The maximum atomic E-state index is 13.0. The molecule has 28 heavy (non-hydrogen) atoms. The fraction of sp³-hybridized carbons (Fsp3) is 0.696. The minimum Gasteiger partial charge on any atom is -0.462 e. The van der Waals surface area contributed by atoms with E-state index in [9.17, 15) is 9.18 Å². The summed E-state index contributed by atoms with van der Waals surface area (Å²) < 4.78 is 25.3. The Labute approximate surface area is 166 Å². The summed E-state index contributed by atoms with van der Waals surface area (Å²) in [6, 6.07) is 6.60. The van der Waals surface area contributed by atoms with Crippen molar-refractivity contribution in [3.63, 3.8) is 0 Å². The number of epoxide rings is 1. The summed E-state index contributed by atoms with van der Waals surface area (Å²) >= 11 is 0. The van der Waals surface area contributed by atoms with Crippen LogP contribution in [0.15, 0.2) is 24.3 Å². The minimum atomic E-state index is -0.212. The molecule has 0 radical (unpaired) electrons. The lowest BCUT2D eigenvalue weighted by Crippen LogP contribution is -2.54. The number of hydrogen-bond donors (Lipinski definition) is 1. The van der Waals surface area contributed by atoms with Gasteiger partial charge in [0.05, 0.1) is 12.0 Å². The van der Waals surface area contributed by atoms with E-state index >= 15 is 0 Å². The van der Waals surface area contributed by atoms with Crippen molar-refractivity contribution in [1.82, 2.24) is 5.32 Å². The highest BCUT2D eigenvalue weighted by Crippen LogP contribution is 2.70. The average molecular weight is 387 g/mol. The zero-order valence-electron chi connectivity index (χ0n) is 16.7. The van der Waals surface area contributed by atoms with Gasteiger partial charge in [-0.3, -0.25) is 4.79 Å². The van der Waals surface area contributed by atoms with Crippen molar-refractivity contribution in [1.29, 1.82) is 0 Å². The van der Waals surface area contributed by atoms with Crippen LogP contribution in [0.2, 0.25) is 0 Å². The molecule has 4 nitrogen and oxygen atoms in total. The van der Waals surface area contributed by atoms with E-state index in [-0.39, 0.29) is 46.8 Å². The van der Waals surface area contributed by atoms with Crippen molar-refractivity contribution in [3.05, 3.63) is 35.6 Å². The van der Waals surface area contributed by atoms with E-state index in [4.69, 9.17) is 9.47 Å². The Kier molecular flexibility index (Phi) is 4.33. The van der Waals surface area contributed by atoms with Crippen molar-refractivity contribution >= 4 is 5.97 Å². The number of fused-ring (bicyclic) bond motifs is 2. The first-order chi connectivity index (χ1) is 13.4. The van der Waals surface area contributed by atoms with Crippen LogP contribution in [0.1, 0.15) is 45.1 Å². The molecule has 1 spiro atoms. The molecule has 4 fully saturated rings. The number of carbonyl (C=O) groups is 1. The lowest BCUT2D eigenvalue weighted by molar-refractivity contribution is -0.146. The standard InChI is InChI=1S/C23H30FNO3/c1-14-4-3-10-22(2)12-18-19(20-23(14,22)28-20)17(21(26)27-18)13-25-11-9-15-5-7-16(24)8-6-15/h5-8,14,17-20,25H,3-4,9-13H2,1-2H3. The molecule has 2 heterocycles. The van der Waals surface area contributed by atoms with Crippen molar-refractivity contribution < 1.29 is 18.7 Å². The zero-order chi connectivity index (χ0) is 19.5. The fourth-order valence-corrected chi connectivity index (χ4v) is 6.61. The number of halogens is 1. The first-order valence-electron chi connectivity index (χ1n) is 10.8. The maximum Gasteiger partial charge on any atom is 0.311 e. The largest absolute Gasteiger partial charge is 0.462 e. The van der Waals surface area contributed by atoms with Crippen LogP contribution in [-0.4, -0.2) is 36.9 Å². The molecular formula is C23H30FNO3. The van der Waals surface area contributed by atoms with E-state index in [0.717, 1.165) is 24.9 Å². The molecule has 7 atom stereocenters. The van der Waals surface area contributed by atoms with Gasteiger partial charge in [-0.15, -0.1) is 0 Å². The van der Waals surface area contributed by atoms with Crippen LogP contribution in [-0.2, 0) is 20.7 Å². The van der Waals surface area contributed by atoms with Gasteiger partial charge in [0.1, 0.15) is 17.5 Å². The predicted molar refractivity (Wildman–Crippen MR) is 103 cm³/mol. The Morgan fingerprint density at radius 2 is 2.07 bits per heavy atom. The third kappa shape index (κ3) is 2.66. The van der Waals surface area contributed by atoms with Gasteiger partial charge in [-0.1, -0.05) is 32.4 Å². The summed E-state index contributed by atoms with van der Waals surface area (Å²) in [6.07, 6.45) is 5.57. The number of nitrogens with one attached hydrogen (secondary N) is 1. The molecule has 5 heteroatoms. The number of hydrogen-bond acceptors (Lipinski definition) is 4. The summed E-state index contributed by atoms with van der Waals surface area (Å²) in [5, 5.41) is 3.43. The minimum absolute atomic E-state index is 0.00678. The van der Waals surface area contributed by atoms with Gasteiger partial charge in [0.2, 0.25) is 0 Å². The highest BCUT2D eigenvalue weighted by atomic mass is 19.1. The summed E-state index contributed by atoms with van der Waals surface area (Å²) in [5.74, 6) is 0.335. The second-order valence-corrected chi connectivity index (χ2v) is 9.63. The lowest BCUT2D eigenvalue weighted by Gasteiger charge is -2.48. The third-order valence-electron chi connectivity index (χ3n) is 8.06. The van der Waals surface area contributed by atoms with Crippen LogP contribution in [0, 0.1) is 29.0 Å². The molecule has 4 aliphatic rings. The number of esters is 1. The van der Waals surface area contributed by atoms with Gasteiger partial charge in [-0.05, 0) is 55.8 Å². The van der Waals surface area contributed by atoms with Gasteiger partial charge in [-0.25, -0.2) is 4.39 Å². The highest BCUT2D eigenvalue weighted by Gasteiger charge is 2.78. The Bertz CT molecular complexity index is 768. The first-order valence-corrected chi connectivity index (χ1v) is 10.8. The summed E-state index contributed by atoms with van der Waals surface area (Å²) in [5.41, 5.74) is 1.20. The molecule has 1 aromatic carbocycles. The van der Waals surface area contributed by atoms with E-state index in [1.54, 1.807) is 0 Å². The smallest absolute Gasteiger partial charge is 0.311 e. The molecule has 0 aromatic heterocycles. The lowest BCUT2D eigenvalue weighted by atomic mass is 9.53. The molecular weight excluding hydrogens is 357 g/mol. The van der Waals surface area contributed by atoms with Crippen LogP contribution in [0.5, 0.6) is 0 Å². The topological polar surface area (TPSA) is 50.9 Å². The Balaban J connectivity index is 1.23. The number of rotatable bonds is 5. The van der Waals surface area contributed by atoms with Gasteiger partial charge < -0.3 is 14.8 Å². The van der Waals surface area contributed by atoms with E-state index in [2.05, 4.69) is 19.2 Å². The molecule has 1 N–H and O–H groups in total. The zero-order valence-corrected chi connectivity index (χ0v) is 16.7. The van der Waals surface area contributed by atoms with Gasteiger partial charge >= 0.3 is 5.97 Å². The quantitative estimate of drug-likeness (QED) is 0.477. The monoisotopic (exact) mass is 387 g/mol. The van der Waals surface area contributed by atoms with E-state index in [0.29, 0.717) is 12.5 Å². The molecule has 0 amide bonds. The number of benzene rings is 1. The second kappa shape index (κ2) is 6.53. The summed E-state index contributed by atoms with van der Waals surface area (Å²) in [6.45, 7) is 6.06. The molecule has 2 saturated carbocycles. The molecule has 2 aliphatic carbocycles. The summed E-state index contributed by atoms with van der Waals surface area (Å²) in [7, 11) is 0. The van der Waals surface area contributed by atoms with Crippen LogP contribution in [0.4, 0.5) is 4.39 Å². The second-order valence-electron chi connectivity index (χ2n) is 9.63. The fourth-order valence-electron chi connectivity index (χ4n) is 6.61. The Morgan fingerprint density at radius 1 is 1.29 bits per heavy atom. The van der Waals surface area contributed by atoms with Crippen LogP contribution >= 0.6 is 0 Å². The van der Waals surface area contributed by atoms with E-state index < -0.39 is 0 Å². The molecule has 2 aliphatic heterocycles. The van der Waals surface area contributed by atoms with Gasteiger partial charge in [0.15, 0.2) is 0 Å². The maximum absolute atomic E-state index is 13.0. The van der Waals surface area contributed by atoms with Crippen LogP contribution in [0.25, 0.3) is 0 Å². The predicted octanol–water partition coefficient (Wildman–Crippen LogP) is 3.48. The SMILES string of the molecule is CC1CCCC2(C)CC3OC(=O)C(CNCCc4ccc(F)cc4)C3C3OC132. The van der Waals surface area contributed by atoms with Crippen LogP contribution < -0.4 is 5.32 Å². The van der Waals surface area contributed by atoms with Gasteiger partial charge in [0.25, 0.3) is 0 Å². The number of ether oxygens (including phenoxy) is 2. The summed E-state index contributed by atoms with van der Waals surface area (Å²) in [4.78, 5) is 12.6. The molecule has 7 unspecified atom stereocenters. The average Bonchev–Trinajstić information content (AvgIpc) is 3.34. The molecule has 1 aromatic rings. The van der Waals surface area contributed by atoms with E-state index in [1.807, 2.05) is 12.1 Å². The Hall–Kier alpha value is -1.46. The van der Waals surface area contributed by atoms with Crippen molar-refractivity contribution in [2.45, 2.75) is 63.8 Å². The molecule has 152 valence electrons. The Morgan fingerprint density at radius 3 is 2.86 bits per heavy atom. The molecule has 0 bridgehead atoms. The third-order valence-corrected chi connectivity index (χ3v) is 8.06. The normalized spacial score (nSPS) is 43.7. The van der Waals surface area contributed by atoms with Crippen LogP contribution in [0.3, 0.4) is 0 Å². The van der Waals surface area contributed by atoms with Gasteiger partial charge in [0, 0.05) is 17.9 Å². The highest BCUT2D eigenvalue weighted by molar-refractivity contribution is 5.76. The van der Waals surface area contributed by atoms with Crippen molar-refractivity contribution in [2.24, 2.45) is 23.2 Å². The molecule has 2 saturated heterocycles. The van der Waals surface area contributed by atoms with Crippen molar-refractivity contribution in [2.75, 3.05) is 13.1 Å². The molecule has 5 rings (SSSR count). The van der Waals surface area contributed by atoms with Gasteiger partial charge in [-0.2, -0.15) is 0 Å². The number of carbonyl (C=O) groups excluding carboxylic acids is 1. The first kappa shape index (κ1) is 18.6.